The zero-order chi connectivity index (χ0) is 13.2. The number of benzene rings is 2. The van der Waals surface area contributed by atoms with Crippen LogP contribution in [0.5, 0.6) is 0 Å². The summed E-state index contributed by atoms with van der Waals surface area (Å²) in [6, 6.07) is 15.3. The van der Waals surface area contributed by atoms with E-state index in [1.807, 2.05) is 0 Å². The topological polar surface area (TPSA) is 0 Å². The first-order valence-corrected chi connectivity index (χ1v) is 7.51. The van der Waals surface area contributed by atoms with Gasteiger partial charge in [0, 0.05) is 4.83 Å². The van der Waals surface area contributed by atoms with Crippen molar-refractivity contribution in [3.63, 3.8) is 0 Å². The zero-order valence-electron chi connectivity index (χ0n) is 11.4. The first-order valence-electron chi connectivity index (χ1n) is 6.59. The van der Waals surface area contributed by atoms with Crippen molar-refractivity contribution in [1.29, 1.82) is 0 Å². The van der Waals surface area contributed by atoms with Crippen LogP contribution >= 0.6 is 15.9 Å². The molecular formula is C17H21Br. The van der Waals surface area contributed by atoms with Gasteiger partial charge in [-0.25, -0.2) is 0 Å². The van der Waals surface area contributed by atoms with E-state index in [9.17, 15) is 0 Å². The molecule has 0 N–H and O–H groups in total. The molecule has 96 valence electrons. The molecule has 0 aliphatic heterocycles. The summed E-state index contributed by atoms with van der Waals surface area (Å²) in [6.07, 6.45) is 2.31. The Morgan fingerprint density at radius 1 is 1.00 bits per heavy atom. The fraction of sp³-hybridized carbons (Fsp3) is 0.412. The van der Waals surface area contributed by atoms with Crippen molar-refractivity contribution in [2.45, 2.75) is 38.4 Å². The number of hydrogen-bond donors (Lipinski definition) is 0. The minimum absolute atomic E-state index is 0.324. The molecule has 0 fully saturated rings. The minimum atomic E-state index is 0.324. The van der Waals surface area contributed by atoms with Gasteiger partial charge < -0.3 is 0 Å². The van der Waals surface area contributed by atoms with E-state index in [0.29, 0.717) is 10.2 Å². The van der Waals surface area contributed by atoms with Crippen LogP contribution in [0, 0.1) is 5.41 Å². The Morgan fingerprint density at radius 3 is 2.39 bits per heavy atom. The highest BCUT2D eigenvalue weighted by Gasteiger charge is 2.21. The molecule has 0 nitrogen and oxygen atoms in total. The Labute approximate surface area is 119 Å². The van der Waals surface area contributed by atoms with Crippen molar-refractivity contribution in [3.05, 3.63) is 48.0 Å². The standard InChI is InChI=1S/C17H21Br/c1-17(2,3)16(18)12-11-14-9-6-8-13-7-4-5-10-15(13)14/h4-10,16H,11-12H2,1-3H3. The molecule has 0 saturated heterocycles. The van der Waals surface area contributed by atoms with Crippen LogP contribution in [0.4, 0.5) is 0 Å². The normalized spacial score (nSPS) is 13.8. The molecule has 0 amide bonds. The lowest BCUT2D eigenvalue weighted by Crippen LogP contribution is -2.20. The first kappa shape index (κ1) is 13.6. The second-order valence-corrected chi connectivity index (χ2v) is 7.12. The fourth-order valence-corrected chi connectivity index (χ4v) is 2.45. The van der Waals surface area contributed by atoms with Gasteiger partial charge in [-0.3, -0.25) is 0 Å². The molecule has 1 heteroatoms. The van der Waals surface area contributed by atoms with Gasteiger partial charge in [0.1, 0.15) is 0 Å². The molecule has 1 atom stereocenters. The van der Waals surface area contributed by atoms with Crippen molar-refractivity contribution in [1.82, 2.24) is 0 Å². The van der Waals surface area contributed by atoms with Crippen molar-refractivity contribution in [2.75, 3.05) is 0 Å². The average molecular weight is 305 g/mol. The molecule has 1 unspecified atom stereocenters. The Hall–Kier alpha value is -0.820. The van der Waals surface area contributed by atoms with E-state index >= 15 is 0 Å². The SMILES string of the molecule is CC(C)(C)C(Br)CCc1cccc2ccccc12. The number of hydrogen-bond acceptors (Lipinski definition) is 0. The third kappa shape index (κ3) is 3.14. The van der Waals surface area contributed by atoms with Crippen molar-refractivity contribution in [3.8, 4) is 0 Å². The Morgan fingerprint density at radius 2 is 1.67 bits per heavy atom. The van der Waals surface area contributed by atoms with Crippen LogP contribution in [-0.4, -0.2) is 4.83 Å². The summed E-state index contributed by atoms with van der Waals surface area (Å²) < 4.78 is 0. The van der Waals surface area contributed by atoms with Gasteiger partial charge in [-0.15, -0.1) is 0 Å². The van der Waals surface area contributed by atoms with Crippen LogP contribution in [-0.2, 0) is 6.42 Å². The molecule has 0 radical (unpaired) electrons. The molecule has 0 heterocycles. The largest absolute Gasteiger partial charge is 0.0885 e. The van der Waals surface area contributed by atoms with Gasteiger partial charge in [0.2, 0.25) is 0 Å². The van der Waals surface area contributed by atoms with Crippen molar-refractivity contribution >= 4 is 26.7 Å². The van der Waals surface area contributed by atoms with Gasteiger partial charge in [-0.05, 0) is 34.6 Å². The van der Waals surface area contributed by atoms with E-state index in [2.05, 4.69) is 79.2 Å². The second kappa shape index (κ2) is 5.44. The summed E-state index contributed by atoms with van der Waals surface area (Å²) in [4.78, 5) is 0.559. The molecular weight excluding hydrogens is 284 g/mol. The van der Waals surface area contributed by atoms with Crippen LogP contribution in [0.15, 0.2) is 42.5 Å². The maximum atomic E-state index is 3.82. The summed E-state index contributed by atoms with van der Waals surface area (Å²) in [7, 11) is 0. The summed E-state index contributed by atoms with van der Waals surface area (Å²) in [5, 5.41) is 2.74. The van der Waals surface area contributed by atoms with E-state index < -0.39 is 0 Å². The van der Waals surface area contributed by atoms with Gasteiger partial charge in [0.05, 0.1) is 0 Å². The van der Waals surface area contributed by atoms with E-state index in [1.165, 1.54) is 22.8 Å². The van der Waals surface area contributed by atoms with Crippen LogP contribution < -0.4 is 0 Å². The van der Waals surface area contributed by atoms with E-state index in [-0.39, 0.29) is 0 Å². The lowest BCUT2D eigenvalue weighted by molar-refractivity contribution is 0.386. The summed E-state index contributed by atoms with van der Waals surface area (Å²) in [5.41, 5.74) is 1.78. The zero-order valence-corrected chi connectivity index (χ0v) is 13.0. The molecule has 0 saturated carbocycles. The third-order valence-corrected chi connectivity index (χ3v) is 5.32. The smallest absolute Gasteiger partial charge is 0.0197 e. The predicted molar refractivity (Wildman–Crippen MR) is 84.4 cm³/mol. The molecule has 0 bridgehead atoms. The van der Waals surface area contributed by atoms with Crippen LogP contribution in [0.1, 0.15) is 32.8 Å². The number of rotatable bonds is 3. The summed E-state index contributed by atoms with van der Waals surface area (Å²) >= 11 is 3.82. The minimum Gasteiger partial charge on any atom is -0.0885 e. The number of halogens is 1. The number of alkyl halides is 1. The number of fused-ring (bicyclic) bond motifs is 1. The fourth-order valence-electron chi connectivity index (χ4n) is 2.23. The van der Waals surface area contributed by atoms with Crippen molar-refractivity contribution < 1.29 is 0 Å². The van der Waals surface area contributed by atoms with E-state index in [0.717, 1.165) is 6.42 Å². The average Bonchev–Trinajstić information content (AvgIpc) is 2.34. The summed E-state index contributed by atoms with van der Waals surface area (Å²) in [5.74, 6) is 0. The lowest BCUT2D eigenvalue weighted by Gasteiger charge is -2.25. The quantitative estimate of drug-likeness (QED) is 0.649. The Bertz CT molecular complexity index is 517. The molecule has 0 spiro atoms. The molecule has 18 heavy (non-hydrogen) atoms. The van der Waals surface area contributed by atoms with Gasteiger partial charge >= 0.3 is 0 Å². The van der Waals surface area contributed by atoms with Crippen LogP contribution in [0.2, 0.25) is 0 Å². The van der Waals surface area contributed by atoms with Crippen LogP contribution in [0.3, 0.4) is 0 Å². The monoisotopic (exact) mass is 304 g/mol. The lowest BCUT2D eigenvalue weighted by atomic mass is 9.88. The van der Waals surface area contributed by atoms with Gasteiger partial charge in [0.15, 0.2) is 0 Å². The van der Waals surface area contributed by atoms with Gasteiger partial charge in [-0.2, -0.15) is 0 Å². The molecule has 0 aromatic heterocycles. The predicted octanol–water partition coefficient (Wildman–Crippen LogP) is 5.58. The highest BCUT2D eigenvalue weighted by molar-refractivity contribution is 9.09. The van der Waals surface area contributed by atoms with E-state index in [1.54, 1.807) is 0 Å². The molecule has 2 rings (SSSR count). The molecule has 0 aliphatic rings. The van der Waals surface area contributed by atoms with E-state index in [4.69, 9.17) is 0 Å². The highest BCUT2D eigenvalue weighted by Crippen LogP contribution is 2.30. The maximum absolute atomic E-state index is 3.82. The first-order chi connectivity index (χ1) is 8.48. The molecule has 0 aliphatic carbocycles. The molecule has 2 aromatic rings. The Balaban J connectivity index is 2.18. The highest BCUT2D eigenvalue weighted by atomic mass is 79.9. The summed E-state index contributed by atoms with van der Waals surface area (Å²) in [6.45, 7) is 6.86. The van der Waals surface area contributed by atoms with Gasteiger partial charge in [-0.1, -0.05) is 79.2 Å². The van der Waals surface area contributed by atoms with Crippen LogP contribution in [0.25, 0.3) is 10.8 Å². The second-order valence-electron chi connectivity index (χ2n) is 6.01. The van der Waals surface area contributed by atoms with Crippen molar-refractivity contribution in [2.24, 2.45) is 5.41 Å². The maximum Gasteiger partial charge on any atom is 0.0197 e. The third-order valence-electron chi connectivity index (χ3n) is 3.49. The number of aryl methyl sites for hydroxylation is 1. The molecule has 2 aromatic carbocycles. The van der Waals surface area contributed by atoms with Gasteiger partial charge in [0.25, 0.3) is 0 Å². The Kier molecular flexibility index (Phi) is 4.11.